The van der Waals surface area contributed by atoms with Crippen molar-refractivity contribution >= 4 is 0 Å². The molecule has 0 saturated heterocycles. The van der Waals surface area contributed by atoms with Crippen LogP contribution in [0, 0.1) is 0 Å². The second-order valence-corrected chi connectivity index (χ2v) is 3.90. The van der Waals surface area contributed by atoms with Gasteiger partial charge < -0.3 is 10.1 Å². The molecule has 1 N–H and O–H groups in total. The van der Waals surface area contributed by atoms with Crippen LogP contribution in [0.5, 0.6) is 5.75 Å². The summed E-state index contributed by atoms with van der Waals surface area (Å²) < 4.78 is 5.57. The number of para-hydroxylation sites is 1. The Kier molecular flexibility index (Phi) is 5.19. The molecule has 0 amide bonds. The van der Waals surface area contributed by atoms with Gasteiger partial charge in [0.05, 0.1) is 6.61 Å². The molecule has 0 bridgehead atoms. The lowest BCUT2D eigenvalue weighted by Crippen LogP contribution is -2.25. The van der Waals surface area contributed by atoms with E-state index in [0.717, 1.165) is 25.3 Å². The maximum absolute atomic E-state index is 5.57. The van der Waals surface area contributed by atoms with Gasteiger partial charge in [0.25, 0.3) is 0 Å². The SMILES string of the molecule is CCOc1ccccc1CCNC(C)C. The summed E-state index contributed by atoms with van der Waals surface area (Å²) in [5, 5.41) is 3.41. The Morgan fingerprint density at radius 1 is 1.27 bits per heavy atom. The van der Waals surface area contributed by atoms with Crippen molar-refractivity contribution in [1.82, 2.24) is 5.32 Å². The maximum Gasteiger partial charge on any atom is 0.122 e. The van der Waals surface area contributed by atoms with Crippen LogP contribution in [0.15, 0.2) is 24.3 Å². The molecule has 0 aliphatic rings. The second-order valence-electron chi connectivity index (χ2n) is 3.90. The van der Waals surface area contributed by atoms with Crippen LogP contribution in [0.3, 0.4) is 0 Å². The molecule has 0 aliphatic carbocycles. The summed E-state index contributed by atoms with van der Waals surface area (Å²) in [6.07, 6.45) is 1.02. The molecule has 84 valence electrons. The number of hydrogen-bond acceptors (Lipinski definition) is 2. The number of nitrogens with one attached hydrogen (secondary N) is 1. The van der Waals surface area contributed by atoms with Gasteiger partial charge in [-0.05, 0) is 31.5 Å². The molecule has 0 atom stereocenters. The molecule has 2 nitrogen and oxygen atoms in total. The van der Waals surface area contributed by atoms with E-state index in [0.29, 0.717) is 6.04 Å². The summed E-state index contributed by atoms with van der Waals surface area (Å²) >= 11 is 0. The fourth-order valence-corrected chi connectivity index (χ4v) is 1.50. The summed E-state index contributed by atoms with van der Waals surface area (Å²) in [5.41, 5.74) is 1.28. The van der Waals surface area contributed by atoms with Crippen molar-refractivity contribution in [2.45, 2.75) is 33.2 Å². The third-order valence-electron chi connectivity index (χ3n) is 2.22. The summed E-state index contributed by atoms with van der Waals surface area (Å²) in [7, 11) is 0. The zero-order chi connectivity index (χ0) is 11.1. The topological polar surface area (TPSA) is 21.3 Å². The Balaban J connectivity index is 2.51. The zero-order valence-corrected chi connectivity index (χ0v) is 9.92. The van der Waals surface area contributed by atoms with Gasteiger partial charge in [0.2, 0.25) is 0 Å². The van der Waals surface area contributed by atoms with E-state index in [2.05, 4.69) is 31.3 Å². The van der Waals surface area contributed by atoms with Gasteiger partial charge >= 0.3 is 0 Å². The molecule has 0 unspecified atom stereocenters. The largest absolute Gasteiger partial charge is 0.494 e. The third kappa shape index (κ3) is 4.34. The van der Waals surface area contributed by atoms with Crippen molar-refractivity contribution in [3.63, 3.8) is 0 Å². The monoisotopic (exact) mass is 207 g/mol. The average Bonchev–Trinajstić information content (AvgIpc) is 2.20. The molecule has 1 aromatic rings. The highest BCUT2D eigenvalue weighted by atomic mass is 16.5. The van der Waals surface area contributed by atoms with Gasteiger partial charge in [-0.1, -0.05) is 32.0 Å². The van der Waals surface area contributed by atoms with Crippen LogP contribution in [0.1, 0.15) is 26.3 Å². The predicted molar refractivity (Wildman–Crippen MR) is 64.5 cm³/mol. The zero-order valence-electron chi connectivity index (χ0n) is 9.92. The first-order valence-corrected chi connectivity index (χ1v) is 5.68. The van der Waals surface area contributed by atoms with E-state index < -0.39 is 0 Å². The standard InChI is InChI=1S/C13H21NO/c1-4-15-13-8-6-5-7-12(13)9-10-14-11(2)3/h5-8,11,14H,4,9-10H2,1-3H3. The van der Waals surface area contributed by atoms with Gasteiger partial charge in [-0.3, -0.25) is 0 Å². The number of ether oxygens (including phenoxy) is 1. The maximum atomic E-state index is 5.57. The molecule has 15 heavy (non-hydrogen) atoms. The van der Waals surface area contributed by atoms with Crippen LogP contribution in [-0.2, 0) is 6.42 Å². The van der Waals surface area contributed by atoms with E-state index in [1.165, 1.54) is 5.56 Å². The molecule has 1 aromatic carbocycles. The lowest BCUT2D eigenvalue weighted by molar-refractivity contribution is 0.336. The van der Waals surface area contributed by atoms with E-state index >= 15 is 0 Å². The van der Waals surface area contributed by atoms with Gasteiger partial charge in [-0.25, -0.2) is 0 Å². The second kappa shape index (κ2) is 6.46. The van der Waals surface area contributed by atoms with E-state index in [-0.39, 0.29) is 0 Å². The summed E-state index contributed by atoms with van der Waals surface area (Å²) in [6, 6.07) is 8.79. The fraction of sp³-hybridized carbons (Fsp3) is 0.538. The predicted octanol–water partition coefficient (Wildman–Crippen LogP) is 2.63. The highest BCUT2D eigenvalue weighted by molar-refractivity contribution is 5.33. The lowest BCUT2D eigenvalue weighted by Gasteiger charge is -2.11. The van der Waals surface area contributed by atoms with Gasteiger partial charge in [0.15, 0.2) is 0 Å². The summed E-state index contributed by atoms with van der Waals surface area (Å²) in [5.74, 6) is 1.02. The molecule has 0 spiro atoms. The molecule has 0 saturated carbocycles. The van der Waals surface area contributed by atoms with Gasteiger partial charge in [-0.2, -0.15) is 0 Å². The first-order valence-electron chi connectivity index (χ1n) is 5.68. The number of rotatable bonds is 6. The fourth-order valence-electron chi connectivity index (χ4n) is 1.50. The minimum atomic E-state index is 0.546. The lowest BCUT2D eigenvalue weighted by atomic mass is 10.1. The van der Waals surface area contributed by atoms with Crippen molar-refractivity contribution in [3.8, 4) is 5.75 Å². The highest BCUT2D eigenvalue weighted by Crippen LogP contribution is 2.17. The molecule has 0 fully saturated rings. The summed E-state index contributed by atoms with van der Waals surface area (Å²) in [4.78, 5) is 0. The molecule has 2 heteroatoms. The minimum absolute atomic E-state index is 0.546. The molecular formula is C13H21NO. The van der Waals surface area contributed by atoms with Crippen LogP contribution < -0.4 is 10.1 Å². The average molecular weight is 207 g/mol. The van der Waals surface area contributed by atoms with Crippen molar-refractivity contribution in [2.75, 3.05) is 13.2 Å². The molecule has 0 aliphatic heterocycles. The summed E-state index contributed by atoms with van der Waals surface area (Å²) in [6.45, 7) is 8.07. The van der Waals surface area contributed by atoms with Gasteiger partial charge in [0.1, 0.15) is 5.75 Å². The van der Waals surface area contributed by atoms with Crippen molar-refractivity contribution in [3.05, 3.63) is 29.8 Å². The minimum Gasteiger partial charge on any atom is -0.494 e. The van der Waals surface area contributed by atoms with Crippen molar-refractivity contribution in [1.29, 1.82) is 0 Å². The van der Waals surface area contributed by atoms with Crippen molar-refractivity contribution in [2.24, 2.45) is 0 Å². The van der Waals surface area contributed by atoms with Crippen molar-refractivity contribution < 1.29 is 4.74 Å². The first kappa shape index (κ1) is 12.1. The quantitative estimate of drug-likeness (QED) is 0.774. The van der Waals surface area contributed by atoms with E-state index in [4.69, 9.17) is 4.74 Å². The van der Waals surface area contributed by atoms with E-state index in [1.807, 2.05) is 19.1 Å². The van der Waals surface area contributed by atoms with Gasteiger partial charge in [0, 0.05) is 6.04 Å². The Hall–Kier alpha value is -1.02. The third-order valence-corrected chi connectivity index (χ3v) is 2.22. The van der Waals surface area contributed by atoms with E-state index in [9.17, 15) is 0 Å². The Labute approximate surface area is 92.6 Å². The van der Waals surface area contributed by atoms with Crippen LogP contribution in [0.4, 0.5) is 0 Å². The smallest absolute Gasteiger partial charge is 0.122 e. The molecular weight excluding hydrogens is 186 g/mol. The number of hydrogen-bond donors (Lipinski definition) is 1. The molecule has 1 rings (SSSR count). The molecule has 0 radical (unpaired) electrons. The molecule has 0 heterocycles. The normalized spacial score (nSPS) is 10.7. The Morgan fingerprint density at radius 3 is 2.67 bits per heavy atom. The van der Waals surface area contributed by atoms with Crippen LogP contribution in [0.2, 0.25) is 0 Å². The van der Waals surface area contributed by atoms with Gasteiger partial charge in [-0.15, -0.1) is 0 Å². The first-order chi connectivity index (χ1) is 7.24. The van der Waals surface area contributed by atoms with Crippen LogP contribution in [-0.4, -0.2) is 19.2 Å². The number of benzene rings is 1. The molecule has 0 aromatic heterocycles. The Bertz CT molecular complexity index is 284. The highest BCUT2D eigenvalue weighted by Gasteiger charge is 2.01. The van der Waals surface area contributed by atoms with E-state index in [1.54, 1.807) is 0 Å². The van der Waals surface area contributed by atoms with Crippen LogP contribution in [0.25, 0.3) is 0 Å². The Morgan fingerprint density at radius 2 is 2.00 bits per heavy atom. The van der Waals surface area contributed by atoms with Crippen LogP contribution >= 0.6 is 0 Å².